The van der Waals surface area contributed by atoms with Gasteiger partial charge in [0.15, 0.2) is 0 Å². The molecule has 1 aromatic carbocycles. The number of amides is 2. The van der Waals surface area contributed by atoms with E-state index in [2.05, 4.69) is 38.5 Å². The van der Waals surface area contributed by atoms with Crippen molar-refractivity contribution in [2.45, 2.75) is 13.8 Å². The highest BCUT2D eigenvalue weighted by atomic mass is 127. The molecule has 0 aliphatic heterocycles. The molecule has 0 radical (unpaired) electrons. The van der Waals surface area contributed by atoms with Crippen LogP contribution in [0, 0.1) is 21.8 Å². The lowest BCUT2D eigenvalue weighted by Crippen LogP contribution is -2.28. The number of nitriles is 1. The van der Waals surface area contributed by atoms with Gasteiger partial charge < -0.3 is 16.0 Å². The van der Waals surface area contributed by atoms with Crippen LogP contribution in [0.3, 0.4) is 0 Å². The first-order valence-electron chi connectivity index (χ1n) is 6.59. The predicted molar refractivity (Wildman–Crippen MR) is 92.9 cm³/mol. The molecule has 1 rings (SSSR count). The van der Waals surface area contributed by atoms with Gasteiger partial charge in [0, 0.05) is 35.5 Å². The van der Waals surface area contributed by atoms with Gasteiger partial charge in [-0.3, -0.25) is 9.59 Å². The standard InChI is InChI=1S/C15H17IN4O2/c1-10-7-13(16)3-4-14(10)20-15(22)12(8-17)9-18-5-6-19-11(2)21/h3-4,7,9,18H,5-6H2,1-2H3,(H,19,21)(H,20,22)/b12-9-. The maximum atomic E-state index is 12.0. The molecule has 2 amide bonds. The molecular formula is C15H17IN4O2. The number of hydrogen-bond acceptors (Lipinski definition) is 4. The maximum absolute atomic E-state index is 12.0. The van der Waals surface area contributed by atoms with E-state index in [4.69, 9.17) is 5.26 Å². The third-order valence-corrected chi connectivity index (χ3v) is 3.36. The van der Waals surface area contributed by atoms with Crippen molar-refractivity contribution in [3.05, 3.63) is 39.1 Å². The van der Waals surface area contributed by atoms with Crippen molar-refractivity contribution in [1.29, 1.82) is 5.26 Å². The van der Waals surface area contributed by atoms with Crippen molar-refractivity contribution in [1.82, 2.24) is 10.6 Å². The van der Waals surface area contributed by atoms with E-state index in [-0.39, 0.29) is 11.5 Å². The fourth-order valence-electron chi connectivity index (χ4n) is 1.59. The Morgan fingerprint density at radius 2 is 2.09 bits per heavy atom. The summed E-state index contributed by atoms with van der Waals surface area (Å²) >= 11 is 2.19. The molecule has 0 fully saturated rings. The first-order valence-corrected chi connectivity index (χ1v) is 7.67. The second kappa shape index (κ2) is 9.04. The van der Waals surface area contributed by atoms with E-state index in [0.717, 1.165) is 9.13 Å². The zero-order chi connectivity index (χ0) is 16.5. The van der Waals surface area contributed by atoms with Gasteiger partial charge in [-0.2, -0.15) is 5.26 Å². The highest BCUT2D eigenvalue weighted by molar-refractivity contribution is 14.1. The summed E-state index contributed by atoms with van der Waals surface area (Å²) in [6.45, 7) is 4.16. The zero-order valence-corrected chi connectivity index (χ0v) is 14.5. The Morgan fingerprint density at radius 1 is 1.36 bits per heavy atom. The third kappa shape index (κ3) is 6.13. The van der Waals surface area contributed by atoms with Gasteiger partial charge in [-0.05, 0) is 53.3 Å². The van der Waals surface area contributed by atoms with Crippen LogP contribution in [0.4, 0.5) is 5.69 Å². The van der Waals surface area contributed by atoms with Crippen LogP contribution in [0.1, 0.15) is 12.5 Å². The first kappa shape index (κ1) is 18.0. The summed E-state index contributed by atoms with van der Waals surface area (Å²) in [5.41, 5.74) is 1.57. The Kier molecular flexibility index (Phi) is 7.39. The molecule has 0 spiro atoms. The molecule has 22 heavy (non-hydrogen) atoms. The largest absolute Gasteiger partial charge is 0.388 e. The summed E-state index contributed by atoms with van der Waals surface area (Å²) < 4.78 is 1.07. The third-order valence-electron chi connectivity index (χ3n) is 2.69. The molecule has 7 heteroatoms. The van der Waals surface area contributed by atoms with E-state index in [1.807, 2.05) is 25.1 Å². The molecule has 0 aromatic heterocycles. The van der Waals surface area contributed by atoms with Crippen LogP contribution in [-0.2, 0) is 9.59 Å². The molecule has 0 saturated carbocycles. The molecular weight excluding hydrogens is 395 g/mol. The lowest BCUT2D eigenvalue weighted by Gasteiger charge is -2.08. The Morgan fingerprint density at radius 3 is 2.68 bits per heavy atom. The second-order valence-corrected chi connectivity index (χ2v) is 5.77. The predicted octanol–water partition coefficient (Wildman–Crippen LogP) is 1.67. The van der Waals surface area contributed by atoms with Gasteiger partial charge in [-0.15, -0.1) is 0 Å². The number of hydrogen-bond donors (Lipinski definition) is 3. The quantitative estimate of drug-likeness (QED) is 0.287. The van der Waals surface area contributed by atoms with Crippen LogP contribution in [-0.4, -0.2) is 24.9 Å². The minimum atomic E-state index is -0.473. The van der Waals surface area contributed by atoms with Crippen LogP contribution in [0.2, 0.25) is 0 Å². The minimum absolute atomic E-state index is 0.0271. The number of rotatable bonds is 6. The number of aryl methyl sites for hydroxylation is 1. The molecule has 0 atom stereocenters. The number of benzene rings is 1. The van der Waals surface area contributed by atoms with Crippen molar-refractivity contribution >= 4 is 40.1 Å². The second-order valence-electron chi connectivity index (χ2n) is 4.52. The molecule has 0 saturated heterocycles. The van der Waals surface area contributed by atoms with Gasteiger partial charge in [0.05, 0.1) is 0 Å². The fraction of sp³-hybridized carbons (Fsp3) is 0.267. The molecule has 6 nitrogen and oxygen atoms in total. The summed E-state index contributed by atoms with van der Waals surface area (Å²) in [4.78, 5) is 22.7. The van der Waals surface area contributed by atoms with E-state index in [1.165, 1.54) is 13.1 Å². The van der Waals surface area contributed by atoms with Crippen LogP contribution in [0.25, 0.3) is 0 Å². The van der Waals surface area contributed by atoms with Crippen LogP contribution < -0.4 is 16.0 Å². The molecule has 3 N–H and O–H groups in total. The van der Waals surface area contributed by atoms with Crippen molar-refractivity contribution < 1.29 is 9.59 Å². The smallest absolute Gasteiger partial charge is 0.267 e. The number of carbonyl (C=O) groups excluding carboxylic acids is 2. The van der Waals surface area contributed by atoms with Crippen LogP contribution in [0.5, 0.6) is 0 Å². The van der Waals surface area contributed by atoms with Crippen molar-refractivity contribution in [3.63, 3.8) is 0 Å². The summed E-state index contributed by atoms with van der Waals surface area (Å²) in [5.74, 6) is -0.600. The number of nitrogens with one attached hydrogen (secondary N) is 3. The average Bonchev–Trinajstić information content (AvgIpc) is 2.45. The van der Waals surface area contributed by atoms with E-state index in [1.54, 1.807) is 6.07 Å². The van der Waals surface area contributed by atoms with E-state index in [0.29, 0.717) is 18.8 Å². The Hall–Kier alpha value is -2.08. The molecule has 0 aliphatic rings. The Balaban J connectivity index is 2.60. The topological polar surface area (TPSA) is 94.0 Å². The molecule has 0 heterocycles. The molecule has 116 valence electrons. The van der Waals surface area contributed by atoms with Crippen molar-refractivity contribution in [3.8, 4) is 6.07 Å². The van der Waals surface area contributed by atoms with Gasteiger partial charge in [-0.25, -0.2) is 0 Å². The number of anilines is 1. The Bertz CT molecular complexity index is 635. The van der Waals surface area contributed by atoms with E-state index < -0.39 is 5.91 Å². The SMILES string of the molecule is CC(=O)NCCN/C=C(/C#N)C(=O)Nc1ccc(I)cc1C. The van der Waals surface area contributed by atoms with E-state index in [9.17, 15) is 9.59 Å². The van der Waals surface area contributed by atoms with Crippen molar-refractivity contribution in [2.24, 2.45) is 0 Å². The minimum Gasteiger partial charge on any atom is -0.388 e. The number of nitrogens with zero attached hydrogens (tertiary/aromatic N) is 1. The molecule has 0 unspecified atom stereocenters. The van der Waals surface area contributed by atoms with Gasteiger partial charge in [0.1, 0.15) is 11.6 Å². The summed E-state index contributed by atoms with van der Waals surface area (Å²) in [6, 6.07) is 7.47. The summed E-state index contributed by atoms with van der Waals surface area (Å²) in [6.07, 6.45) is 1.35. The lowest BCUT2D eigenvalue weighted by atomic mass is 10.2. The molecule has 1 aromatic rings. The highest BCUT2D eigenvalue weighted by Gasteiger charge is 2.10. The molecule has 0 aliphatic carbocycles. The van der Waals surface area contributed by atoms with Crippen LogP contribution >= 0.6 is 22.6 Å². The van der Waals surface area contributed by atoms with Gasteiger partial charge in [0.25, 0.3) is 5.91 Å². The Labute approximate surface area is 143 Å². The highest BCUT2D eigenvalue weighted by Crippen LogP contribution is 2.18. The van der Waals surface area contributed by atoms with Gasteiger partial charge in [-0.1, -0.05) is 0 Å². The number of carbonyl (C=O) groups is 2. The zero-order valence-electron chi connectivity index (χ0n) is 12.4. The number of halogens is 1. The van der Waals surface area contributed by atoms with Gasteiger partial charge in [0.2, 0.25) is 5.91 Å². The normalized spacial score (nSPS) is 10.5. The van der Waals surface area contributed by atoms with Crippen LogP contribution in [0.15, 0.2) is 30.0 Å². The van der Waals surface area contributed by atoms with Gasteiger partial charge >= 0.3 is 0 Å². The molecule has 0 bridgehead atoms. The van der Waals surface area contributed by atoms with Crippen molar-refractivity contribution in [2.75, 3.05) is 18.4 Å². The maximum Gasteiger partial charge on any atom is 0.267 e. The average molecular weight is 412 g/mol. The lowest BCUT2D eigenvalue weighted by molar-refractivity contribution is -0.119. The van der Waals surface area contributed by atoms with E-state index >= 15 is 0 Å². The summed E-state index contributed by atoms with van der Waals surface area (Å²) in [5, 5.41) is 17.2. The monoisotopic (exact) mass is 412 g/mol. The summed E-state index contributed by atoms with van der Waals surface area (Å²) in [7, 11) is 0. The fourth-order valence-corrected chi connectivity index (χ4v) is 2.24. The first-order chi connectivity index (χ1) is 10.4.